The van der Waals surface area contributed by atoms with Crippen molar-refractivity contribution in [2.75, 3.05) is 44.7 Å². The molecule has 1 fully saturated rings. The van der Waals surface area contributed by atoms with Gasteiger partial charge in [0.05, 0.1) is 13.7 Å². The minimum atomic E-state index is -0.175. The monoisotopic (exact) mass is 326 g/mol. The predicted molar refractivity (Wildman–Crippen MR) is 93.6 cm³/mol. The number of methoxy groups -OCH3 is 1. The van der Waals surface area contributed by atoms with Crippen LogP contribution in [0.3, 0.4) is 0 Å². The lowest BCUT2D eigenvalue weighted by atomic mass is 10.2. The van der Waals surface area contributed by atoms with Crippen LogP contribution in [-0.4, -0.2) is 50.7 Å². The molecule has 0 radical (unpaired) electrons. The molecule has 0 atom stereocenters. The van der Waals surface area contributed by atoms with Gasteiger partial charge in [0.15, 0.2) is 0 Å². The topological polar surface area (TPSA) is 42.0 Å². The van der Waals surface area contributed by atoms with E-state index in [9.17, 15) is 4.79 Å². The smallest absolute Gasteiger partial charge is 0.319 e. The van der Waals surface area contributed by atoms with Crippen LogP contribution in [0.4, 0.5) is 5.69 Å². The number of ether oxygens (including phenoxy) is 2. The second-order valence-corrected chi connectivity index (χ2v) is 5.75. The number of piperazine rings is 1. The van der Waals surface area contributed by atoms with Gasteiger partial charge in [0.1, 0.15) is 11.5 Å². The zero-order chi connectivity index (χ0) is 16.8. The zero-order valence-electron chi connectivity index (χ0n) is 13.9. The first-order valence-electron chi connectivity index (χ1n) is 8.12. The van der Waals surface area contributed by atoms with Crippen LogP contribution in [0.2, 0.25) is 0 Å². The zero-order valence-corrected chi connectivity index (χ0v) is 13.9. The Kier molecular flexibility index (Phi) is 5.33. The normalized spacial score (nSPS) is 15.1. The van der Waals surface area contributed by atoms with Crippen molar-refractivity contribution in [1.82, 2.24) is 4.90 Å². The average Bonchev–Trinajstić information content (AvgIpc) is 2.64. The summed E-state index contributed by atoms with van der Waals surface area (Å²) in [5.41, 5.74) is 1.17. The summed E-state index contributed by atoms with van der Waals surface area (Å²) in [6, 6.07) is 17.9. The number of anilines is 1. The lowest BCUT2D eigenvalue weighted by Crippen LogP contribution is -2.48. The van der Waals surface area contributed by atoms with Gasteiger partial charge in [-0.2, -0.15) is 0 Å². The Hall–Kier alpha value is -2.53. The van der Waals surface area contributed by atoms with Crippen molar-refractivity contribution in [3.05, 3.63) is 54.6 Å². The van der Waals surface area contributed by atoms with Crippen molar-refractivity contribution in [2.24, 2.45) is 0 Å². The Morgan fingerprint density at radius 3 is 2.17 bits per heavy atom. The third-order valence-electron chi connectivity index (χ3n) is 4.13. The first kappa shape index (κ1) is 16.3. The molecule has 1 heterocycles. The number of hydrogen-bond acceptors (Lipinski definition) is 5. The second kappa shape index (κ2) is 7.84. The Morgan fingerprint density at radius 1 is 0.917 bits per heavy atom. The van der Waals surface area contributed by atoms with Crippen LogP contribution in [-0.2, 0) is 9.53 Å². The molecule has 5 heteroatoms. The number of carbonyl (C=O) groups excluding carboxylic acids is 1. The number of para-hydroxylation sites is 1. The van der Waals surface area contributed by atoms with Gasteiger partial charge in [0.2, 0.25) is 0 Å². The van der Waals surface area contributed by atoms with E-state index in [0.717, 1.165) is 37.7 Å². The predicted octanol–water partition coefficient (Wildman–Crippen LogP) is 2.77. The van der Waals surface area contributed by atoms with Gasteiger partial charge in [-0.05, 0) is 36.4 Å². The number of rotatable bonds is 5. The van der Waals surface area contributed by atoms with Gasteiger partial charge in [0, 0.05) is 31.9 Å². The highest BCUT2D eigenvalue weighted by Crippen LogP contribution is 2.24. The quantitative estimate of drug-likeness (QED) is 0.791. The Morgan fingerprint density at radius 2 is 1.54 bits per heavy atom. The van der Waals surface area contributed by atoms with Crippen LogP contribution in [0, 0.1) is 0 Å². The number of benzene rings is 2. The standard InChI is InChI=1S/C19H22N2O3/c1-23-19(22)15-20-11-13-21(14-12-20)16-7-9-18(10-8-16)24-17-5-3-2-4-6-17/h2-10H,11-15H2,1H3. The molecule has 0 N–H and O–H groups in total. The molecule has 1 aliphatic heterocycles. The average molecular weight is 326 g/mol. The molecule has 2 aromatic rings. The van der Waals surface area contributed by atoms with E-state index in [0.29, 0.717) is 6.54 Å². The van der Waals surface area contributed by atoms with Gasteiger partial charge in [-0.25, -0.2) is 0 Å². The van der Waals surface area contributed by atoms with Crippen LogP contribution in [0.15, 0.2) is 54.6 Å². The molecular weight excluding hydrogens is 304 g/mol. The van der Waals surface area contributed by atoms with E-state index >= 15 is 0 Å². The number of nitrogens with zero attached hydrogens (tertiary/aromatic N) is 2. The first-order chi connectivity index (χ1) is 11.7. The molecule has 126 valence electrons. The molecule has 0 aromatic heterocycles. The van der Waals surface area contributed by atoms with Gasteiger partial charge < -0.3 is 14.4 Å². The Labute approximate surface area is 142 Å². The lowest BCUT2D eigenvalue weighted by Gasteiger charge is -2.35. The Bertz CT molecular complexity index is 650. The first-order valence-corrected chi connectivity index (χ1v) is 8.12. The van der Waals surface area contributed by atoms with Crippen LogP contribution in [0.1, 0.15) is 0 Å². The highest BCUT2D eigenvalue weighted by Gasteiger charge is 2.19. The van der Waals surface area contributed by atoms with Crippen LogP contribution < -0.4 is 9.64 Å². The fourth-order valence-corrected chi connectivity index (χ4v) is 2.76. The van der Waals surface area contributed by atoms with Crippen molar-refractivity contribution in [3.63, 3.8) is 0 Å². The maximum absolute atomic E-state index is 11.3. The molecule has 5 nitrogen and oxygen atoms in total. The van der Waals surface area contributed by atoms with Crippen molar-refractivity contribution in [1.29, 1.82) is 0 Å². The maximum atomic E-state index is 11.3. The molecule has 1 saturated heterocycles. The summed E-state index contributed by atoms with van der Waals surface area (Å²) in [7, 11) is 1.43. The molecule has 24 heavy (non-hydrogen) atoms. The second-order valence-electron chi connectivity index (χ2n) is 5.75. The van der Waals surface area contributed by atoms with E-state index in [4.69, 9.17) is 9.47 Å². The van der Waals surface area contributed by atoms with E-state index < -0.39 is 0 Å². The van der Waals surface area contributed by atoms with Gasteiger partial charge >= 0.3 is 5.97 Å². The van der Waals surface area contributed by atoms with Gasteiger partial charge in [-0.3, -0.25) is 9.69 Å². The van der Waals surface area contributed by atoms with Crippen LogP contribution in [0.5, 0.6) is 11.5 Å². The van der Waals surface area contributed by atoms with E-state index in [1.54, 1.807) is 0 Å². The maximum Gasteiger partial charge on any atom is 0.319 e. The molecule has 0 saturated carbocycles. The fraction of sp³-hybridized carbons (Fsp3) is 0.316. The number of esters is 1. The van der Waals surface area contributed by atoms with E-state index in [2.05, 4.69) is 21.9 Å². The summed E-state index contributed by atoms with van der Waals surface area (Å²) in [5, 5.41) is 0. The molecule has 0 aliphatic carbocycles. The van der Waals surface area contributed by atoms with E-state index in [-0.39, 0.29) is 5.97 Å². The third-order valence-corrected chi connectivity index (χ3v) is 4.13. The Balaban J connectivity index is 1.54. The molecule has 1 aliphatic rings. The van der Waals surface area contributed by atoms with E-state index in [1.807, 2.05) is 42.5 Å². The molecule has 3 rings (SSSR count). The summed E-state index contributed by atoms with van der Waals surface area (Å²) < 4.78 is 10.5. The lowest BCUT2D eigenvalue weighted by molar-refractivity contribution is -0.142. The van der Waals surface area contributed by atoms with Gasteiger partial charge in [0.25, 0.3) is 0 Å². The molecule has 0 unspecified atom stereocenters. The fourth-order valence-electron chi connectivity index (χ4n) is 2.76. The summed E-state index contributed by atoms with van der Waals surface area (Å²) in [4.78, 5) is 15.8. The summed E-state index contributed by atoms with van der Waals surface area (Å²) in [6.07, 6.45) is 0. The van der Waals surface area contributed by atoms with Crippen molar-refractivity contribution in [3.8, 4) is 11.5 Å². The SMILES string of the molecule is COC(=O)CN1CCN(c2ccc(Oc3ccccc3)cc2)CC1. The van der Waals surface area contributed by atoms with Crippen LogP contribution >= 0.6 is 0 Å². The highest BCUT2D eigenvalue weighted by atomic mass is 16.5. The molecule has 0 bridgehead atoms. The van der Waals surface area contributed by atoms with Gasteiger partial charge in [-0.1, -0.05) is 18.2 Å². The third kappa shape index (κ3) is 4.26. The number of hydrogen-bond donors (Lipinski definition) is 0. The van der Waals surface area contributed by atoms with Crippen molar-refractivity contribution >= 4 is 11.7 Å². The largest absolute Gasteiger partial charge is 0.468 e. The molecular formula is C19H22N2O3. The highest BCUT2D eigenvalue weighted by molar-refractivity contribution is 5.71. The minimum Gasteiger partial charge on any atom is -0.468 e. The van der Waals surface area contributed by atoms with Crippen LogP contribution in [0.25, 0.3) is 0 Å². The molecule has 0 amide bonds. The summed E-state index contributed by atoms with van der Waals surface area (Å²) in [6.45, 7) is 3.88. The van der Waals surface area contributed by atoms with Crippen molar-refractivity contribution < 1.29 is 14.3 Å². The molecule has 0 spiro atoms. The minimum absolute atomic E-state index is 0.175. The van der Waals surface area contributed by atoms with Gasteiger partial charge in [-0.15, -0.1) is 0 Å². The number of carbonyl (C=O) groups is 1. The van der Waals surface area contributed by atoms with E-state index in [1.165, 1.54) is 12.8 Å². The summed E-state index contributed by atoms with van der Waals surface area (Å²) >= 11 is 0. The molecule has 2 aromatic carbocycles. The summed E-state index contributed by atoms with van der Waals surface area (Å²) in [5.74, 6) is 1.49. The van der Waals surface area contributed by atoms with Crippen molar-refractivity contribution in [2.45, 2.75) is 0 Å².